The van der Waals surface area contributed by atoms with Crippen molar-refractivity contribution in [2.45, 2.75) is 12.8 Å². The minimum atomic E-state index is 0.221. The van der Waals surface area contributed by atoms with Gasteiger partial charge in [0, 0.05) is 16.1 Å². The first-order valence-corrected chi connectivity index (χ1v) is 4.96. The number of rotatable bonds is 3. The highest BCUT2D eigenvalue weighted by atomic mass is 79.9. The molecule has 0 unspecified atom stereocenters. The van der Waals surface area contributed by atoms with E-state index < -0.39 is 0 Å². The molecule has 0 atom stereocenters. The van der Waals surface area contributed by atoms with Gasteiger partial charge in [-0.05, 0) is 36.6 Å². The molecule has 1 rings (SSSR count). The van der Waals surface area contributed by atoms with Gasteiger partial charge in [-0.25, -0.2) is 0 Å². The topological polar surface area (TPSA) is 20.2 Å². The average molecular weight is 250 g/mol. The van der Waals surface area contributed by atoms with Gasteiger partial charge < -0.3 is 5.11 Å². The van der Waals surface area contributed by atoms with Gasteiger partial charge in [-0.15, -0.1) is 0 Å². The largest absolute Gasteiger partial charge is 0.396 e. The van der Waals surface area contributed by atoms with E-state index in [4.69, 9.17) is 16.7 Å². The summed E-state index contributed by atoms with van der Waals surface area (Å²) in [6.07, 6.45) is 1.64. The fourth-order valence-electron chi connectivity index (χ4n) is 1.00. The Bertz CT molecular complexity index is 263. The Morgan fingerprint density at radius 2 is 2.17 bits per heavy atom. The zero-order valence-corrected chi connectivity index (χ0v) is 8.90. The summed E-state index contributed by atoms with van der Waals surface area (Å²) in [6.45, 7) is 0.221. The zero-order valence-electron chi connectivity index (χ0n) is 6.56. The molecule has 0 aliphatic rings. The SMILES string of the molecule is OCCCc1cc(Cl)ccc1Br. The maximum absolute atomic E-state index is 8.64. The Morgan fingerprint density at radius 1 is 1.42 bits per heavy atom. The molecule has 3 heteroatoms. The molecule has 0 spiro atoms. The van der Waals surface area contributed by atoms with Crippen LogP contribution in [0.4, 0.5) is 0 Å². The lowest BCUT2D eigenvalue weighted by Gasteiger charge is -2.02. The third-order valence-electron chi connectivity index (χ3n) is 1.61. The van der Waals surface area contributed by atoms with E-state index in [9.17, 15) is 0 Å². The first kappa shape index (κ1) is 10.0. The van der Waals surface area contributed by atoms with Crippen LogP contribution in [0.3, 0.4) is 0 Å². The molecule has 0 saturated carbocycles. The molecule has 1 nitrogen and oxygen atoms in total. The van der Waals surface area contributed by atoms with Gasteiger partial charge in [0.05, 0.1) is 0 Å². The van der Waals surface area contributed by atoms with E-state index in [2.05, 4.69) is 15.9 Å². The Kier molecular flexibility index (Phi) is 4.06. The third kappa shape index (κ3) is 2.77. The number of aliphatic hydroxyl groups is 1. The second-order valence-electron chi connectivity index (χ2n) is 2.56. The van der Waals surface area contributed by atoms with Gasteiger partial charge >= 0.3 is 0 Å². The quantitative estimate of drug-likeness (QED) is 0.873. The van der Waals surface area contributed by atoms with Gasteiger partial charge in [0.1, 0.15) is 0 Å². The summed E-state index contributed by atoms with van der Waals surface area (Å²) in [5.41, 5.74) is 1.15. The molecular formula is C9H10BrClO. The molecule has 0 radical (unpaired) electrons. The third-order valence-corrected chi connectivity index (χ3v) is 2.62. The van der Waals surface area contributed by atoms with Crippen LogP contribution in [-0.2, 0) is 6.42 Å². The molecule has 0 heterocycles. The maximum Gasteiger partial charge on any atom is 0.0434 e. The monoisotopic (exact) mass is 248 g/mol. The molecule has 0 fully saturated rings. The van der Waals surface area contributed by atoms with Crippen LogP contribution < -0.4 is 0 Å². The molecule has 0 saturated heterocycles. The van der Waals surface area contributed by atoms with E-state index in [-0.39, 0.29) is 6.61 Å². The van der Waals surface area contributed by atoms with Crippen molar-refractivity contribution >= 4 is 27.5 Å². The number of aryl methyl sites for hydroxylation is 1. The minimum Gasteiger partial charge on any atom is -0.396 e. The molecule has 0 aromatic heterocycles. The molecule has 0 aliphatic heterocycles. The van der Waals surface area contributed by atoms with Crippen molar-refractivity contribution in [1.82, 2.24) is 0 Å². The van der Waals surface area contributed by atoms with E-state index in [1.165, 1.54) is 0 Å². The number of halogens is 2. The van der Waals surface area contributed by atoms with Gasteiger partial charge in [0.15, 0.2) is 0 Å². The first-order chi connectivity index (χ1) is 5.74. The minimum absolute atomic E-state index is 0.221. The number of hydrogen-bond donors (Lipinski definition) is 1. The highest BCUT2D eigenvalue weighted by molar-refractivity contribution is 9.10. The Labute approximate surface area is 85.5 Å². The van der Waals surface area contributed by atoms with Crippen molar-refractivity contribution in [3.05, 3.63) is 33.3 Å². The van der Waals surface area contributed by atoms with Crippen LogP contribution in [0.15, 0.2) is 22.7 Å². The molecule has 1 aromatic rings. The van der Waals surface area contributed by atoms with Crippen LogP contribution in [0.2, 0.25) is 5.02 Å². The summed E-state index contributed by atoms with van der Waals surface area (Å²) < 4.78 is 1.06. The van der Waals surface area contributed by atoms with Crippen molar-refractivity contribution < 1.29 is 5.11 Å². The maximum atomic E-state index is 8.64. The summed E-state index contributed by atoms with van der Waals surface area (Å²) >= 11 is 9.23. The Hall–Kier alpha value is -0.0500. The Balaban J connectivity index is 2.75. The van der Waals surface area contributed by atoms with Crippen LogP contribution in [0, 0.1) is 0 Å². The van der Waals surface area contributed by atoms with Gasteiger partial charge in [0.25, 0.3) is 0 Å². The number of hydrogen-bond acceptors (Lipinski definition) is 1. The normalized spacial score (nSPS) is 10.2. The van der Waals surface area contributed by atoms with Crippen LogP contribution in [-0.4, -0.2) is 11.7 Å². The van der Waals surface area contributed by atoms with E-state index in [0.717, 1.165) is 27.9 Å². The molecular weight excluding hydrogens is 239 g/mol. The fourth-order valence-corrected chi connectivity index (χ4v) is 1.64. The lowest BCUT2D eigenvalue weighted by molar-refractivity contribution is 0.288. The van der Waals surface area contributed by atoms with E-state index in [1.807, 2.05) is 18.2 Å². The molecule has 66 valence electrons. The predicted octanol–water partition coefficient (Wildman–Crippen LogP) is 3.03. The first-order valence-electron chi connectivity index (χ1n) is 3.79. The summed E-state index contributed by atoms with van der Waals surface area (Å²) in [6, 6.07) is 5.68. The van der Waals surface area contributed by atoms with Crippen molar-refractivity contribution in [3.8, 4) is 0 Å². The van der Waals surface area contributed by atoms with Crippen molar-refractivity contribution in [2.24, 2.45) is 0 Å². The Morgan fingerprint density at radius 3 is 2.83 bits per heavy atom. The lowest BCUT2D eigenvalue weighted by atomic mass is 10.1. The van der Waals surface area contributed by atoms with Crippen molar-refractivity contribution in [2.75, 3.05) is 6.61 Å². The van der Waals surface area contributed by atoms with E-state index in [0.29, 0.717) is 0 Å². The lowest BCUT2D eigenvalue weighted by Crippen LogP contribution is -1.90. The highest BCUT2D eigenvalue weighted by Crippen LogP contribution is 2.22. The van der Waals surface area contributed by atoms with Crippen LogP contribution in [0.1, 0.15) is 12.0 Å². The van der Waals surface area contributed by atoms with Gasteiger partial charge in [0.2, 0.25) is 0 Å². The average Bonchev–Trinajstić information content (AvgIpc) is 2.07. The molecule has 0 bridgehead atoms. The van der Waals surface area contributed by atoms with E-state index in [1.54, 1.807) is 0 Å². The molecule has 0 aliphatic carbocycles. The summed E-state index contributed by atoms with van der Waals surface area (Å²) in [7, 11) is 0. The standard InChI is InChI=1S/C9H10BrClO/c10-9-4-3-8(11)6-7(9)2-1-5-12/h3-4,6,12H,1-2,5H2. The highest BCUT2D eigenvalue weighted by Gasteiger charge is 1.99. The van der Waals surface area contributed by atoms with Crippen LogP contribution in [0.5, 0.6) is 0 Å². The van der Waals surface area contributed by atoms with Crippen LogP contribution >= 0.6 is 27.5 Å². The molecule has 12 heavy (non-hydrogen) atoms. The summed E-state index contributed by atoms with van der Waals surface area (Å²) in [5.74, 6) is 0. The molecule has 0 amide bonds. The van der Waals surface area contributed by atoms with Crippen LogP contribution in [0.25, 0.3) is 0 Å². The summed E-state index contributed by atoms with van der Waals surface area (Å²) in [4.78, 5) is 0. The van der Waals surface area contributed by atoms with Crippen molar-refractivity contribution in [3.63, 3.8) is 0 Å². The van der Waals surface area contributed by atoms with Gasteiger partial charge in [-0.2, -0.15) is 0 Å². The van der Waals surface area contributed by atoms with Gasteiger partial charge in [-0.1, -0.05) is 27.5 Å². The smallest absolute Gasteiger partial charge is 0.0434 e. The predicted molar refractivity (Wildman–Crippen MR) is 54.6 cm³/mol. The van der Waals surface area contributed by atoms with E-state index >= 15 is 0 Å². The zero-order chi connectivity index (χ0) is 8.97. The van der Waals surface area contributed by atoms with Gasteiger partial charge in [-0.3, -0.25) is 0 Å². The van der Waals surface area contributed by atoms with Crippen molar-refractivity contribution in [1.29, 1.82) is 0 Å². The number of benzene rings is 1. The fraction of sp³-hybridized carbons (Fsp3) is 0.333. The number of aliphatic hydroxyl groups excluding tert-OH is 1. The summed E-state index contributed by atoms with van der Waals surface area (Å²) in [5, 5.41) is 9.38. The molecule has 1 N–H and O–H groups in total. The second kappa shape index (κ2) is 4.85. The molecule has 1 aromatic carbocycles. The second-order valence-corrected chi connectivity index (χ2v) is 3.85.